The van der Waals surface area contributed by atoms with Crippen molar-refractivity contribution >= 4 is 5.78 Å². The zero-order valence-electron chi connectivity index (χ0n) is 11.6. The van der Waals surface area contributed by atoms with Crippen LogP contribution in [-0.4, -0.2) is 53.3 Å². The monoisotopic (exact) mass is 250 g/mol. The molecule has 0 amide bonds. The van der Waals surface area contributed by atoms with Crippen LogP contribution in [0.25, 0.3) is 0 Å². The fourth-order valence-corrected chi connectivity index (χ4v) is 4.33. The predicted octanol–water partition coefficient (Wildman–Crippen LogP) is 2.06. The molecular formula is C15H26N2O. The molecule has 0 N–H and O–H groups in total. The van der Waals surface area contributed by atoms with Gasteiger partial charge in [-0.2, -0.15) is 0 Å². The van der Waals surface area contributed by atoms with Gasteiger partial charge in [-0.15, -0.1) is 0 Å². The van der Waals surface area contributed by atoms with E-state index in [2.05, 4.69) is 16.7 Å². The summed E-state index contributed by atoms with van der Waals surface area (Å²) in [6.07, 6.45) is 8.21. The molecule has 0 aromatic carbocycles. The maximum Gasteiger partial charge on any atom is 0.136 e. The van der Waals surface area contributed by atoms with E-state index in [1.54, 1.807) is 0 Å². The molecule has 3 heterocycles. The summed E-state index contributed by atoms with van der Waals surface area (Å²) in [4.78, 5) is 17.1. The second kappa shape index (κ2) is 5.30. The first-order chi connectivity index (χ1) is 8.78. The lowest BCUT2D eigenvalue weighted by molar-refractivity contribution is -0.127. The number of carbonyl (C=O) groups excluding carboxylic acids is 1. The third-order valence-corrected chi connectivity index (χ3v) is 5.27. The van der Waals surface area contributed by atoms with Crippen LogP contribution in [0.4, 0.5) is 0 Å². The molecule has 0 aromatic rings. The van der Waals surface area contributed by atoms with Crippen LogP contribution in [0.5, 0.6) is 0 Å². The lowest BCUT2D eigenvalue weighted by Gasteiger charge is -2.47. The minimum Gasteiger partial charge on any atom is -0.300 e. The Morgan fingerprint density at radius 1 is 1.11 bits per heavy atom. The van der Waals surface area contributed by atoms with E-state index in [0.29, 0.717) is 17.9 Å². The smallest absolute Gasteiger partial charge is 0.136 e. The molecule has 3 unspecified atom stereocenters. The van der Waals surface area contributed by atoms with Crippen LogP contribution < -0.4 is 0 Å². The summed E-state index contributed by atoms with van der Waals surface area (Å²) in [5, 5.41) is 0. The van der Waals surface area contributed by atoms with Crippen molar-refractivity contribution in [2.24, 2.45) is 0 Å². The average Bonchev–Trinajstić information content (AvgIpc) is 2.77. The Balaban J connectivity index is 1.66. The Hall–Kier alpha value is -0.410. The maximum absolute atomic E-state index is 11.7. The van der Waals surface area contributed by atoms with Gasteiger partial charge < -0.3 is 0 Å². The van der Waals surface area contributed by atoms with E-state index in [0.717, 1.165) is 18.9 Å². The molecule has 102 valence electrons. The zero-order valence-corrected chi connectivity index (χ0v) is 11.6. The number of hydrogen-bond acceptors (Lipinski definition) is 3. The van der Waals surface area contributed by atoms with Gasteiger partial charge in [-0.25, -0.2) is 0 Å². The van der Waals surface area contributed by atoms with Crippen LogP contribution in [-0.2, 0) is 4.79 Å². The van der Waals surface area contributed by atoms with Crippen LogP contribution in [0.2, 0.25) is 0 Å². The van der Waals surface area contributed by atoms with Gasteiger partial charge in [0.05, 0.1) is 0 Å². The van der Waals surface area contributed by atoms with Crippen molar-refractivity contribution in [2.75, 3.05) is 19.6 Å². The first-order valence-corrected chi connectivity index (χ1v) is 7.79. The number of nitrogens with zero attached hydrogens (tertiary/aromatic N) is 2. The number of Topliss-reactive ketones (excluding diaryl/α,β-unsaturated/α-hetero) is 1. The maximum atomic E-state index is 11.7. The van der Waals surface area contributed by atoms with E-state index < -0.39 is 0 Å². The molecule has 18 heavy (non-hydrogen) atoms. The van der Waals surface area contributed by atoms with Gasteiger partial charge in [0, 0.05) is 37.5 Å². The first-order valence-electron chi connectivity index (χ1n) is 7.79. The Morgan fingerprint density at radius 2 is 1.83 bits per heavy atom. The molecule has 3 rings (SSSR count). The molecule has 3 nitrogen and oxygen atoms in total. The Kier molecular flexibility index (Phi) is 3.71. The van der Waals surface area contributed by atoms with E-state index in [1.807, 2.05) is 0 Å². The number of ketones is 1. The van der Waals surface area contributed by atoms with Gasteiger partial charge in [0.2, 0.25) is 0 Å². The van der Waals surface area contributed by atoms with Crippen molar-refractivity contribution in [3.63, 3.8) is 0 Å². The molecule has 3 atom stereocenters. The number of fused-ring (bicyclic) bond motifs is 2. The molecule has 0 aliphatic carbocycles. The number of likely N-dealkylation sites (N-methyl/N-ethyl adjacent to an activating group) is 1. The average molecular weight is 250 g/mol. The highest BCUT2D eigenvalue weighted by Gasteiger charge is 2.39. The van der Waals surface area contributed by atoms with Gasteiger partial charge in [-0.1, -0.05) is 13.3 Å². The second-order valence-corrected chi connectivity index (χ2v) is 6.31. The fraction of sp³-hybridized carbons (Fsp3) is 0.933. The Morgan fingerprint density at radius 3 is 2.50 bits per heavy atom. The van der Waals surface area contributed by atoms with Gasteiger partial charge >= 0.3 is 0 Å². The first kappa shape index (κ1) is 12.6. The van der Waals surface area contributed by atoms with Crippen molar-refractivity contribution < 1.29 is 4.79 Å². The van der Waals surface area contributed by atoms with Crippen molar-refractivity contribution in [3.8, 4) is 0 Å². The molecule has 3 aliphatic rings. The Bertz CT molecular complexity index is 302. The summed E-state index contributed by atoms with van der Waals surface area (Å²) in [6.45, 7) is 5.96. The topological polar surface area (TPSA) is 23.6 Å². The van der Waals surface area contributed by atoms with Crippen molar-refractivity contribution in [2.45, 2.75) is 70.0 Å². The van der Waals surface area contributed by atoms with Crippen molar-refractivity contribution in [3.05, 3.63) is 0 Å². The molecule has 3 fully saturated rings. The van der Waals surface area contributed by atoms with E-state index >= 15 is 0 Å². The lowest BCUT2D eigenvalue weighted by Crippen LogP contribution is -2.55. The van der Waals surface area contributed by atoms with Crippen LogP contribution >= 0.6 is 0 Å². The third kappa shape index (κ3) is 2.35. The van der Waals surface area contributed by atoms with Crippen molar-refractivity contribution in [1.29, 1.82) is 0 Å². The third-order valence-electron chi connectivity index (χ3n) is 5.27. The summed E-state index contributed by atoms with van der Waals surface area (Å²) in [7, 11) is 0. The highest BCUT2D eigenvalue weighted by atomic mass is 16.1. The van der Waals surface area contributed by atoms with E-state index in [9.17, 15) is 4.79 Å². The normalized spacial score (nSPS) is 38.3. The quantitative estimate of drug-likeness (QED) is 0.766. The SMILES string of the molecule is CCN1CCCC1CN1C2CCCC1CC(=O)C2. The molecule has 3 aliphatic heterocycles. The van der Waals surface area contributed by atoms with Gasteiger partial charge in [-0.3, -0.25) is 14.6 Å². The molecule has 0 saturated carbocycles. The van der Waals surface area contributed by atoms with E-state index in [4.69, 9.17) is 0 Å². The van der Waals surface area contributed by atoms with Crippen molar-refractivity contribution in [1.82, 2.24) is 9.80 Å². The van der Waals surface area contributed by atoms with Gasteiger partial charge in [0.15, 0.2) is 0 Å². The molecule has 2 bridgehead atoms. The fourth-order valence-electron chi connectivity index (χ4n) is 4.33. The molecule has 0 radical (unpaired) electrons. The largest absolute Gasteiger partial charge is 0.300 e. The summed E-state index contributed by atoms with van der Waals surface area (Å²) >= 11 is 0. The number of carbonyl (C=O) groups is 1. The van der Waals surface area contributed by atoms with Crippen LogP contribution in [0.1, 0.15) is 51.9 Å². The van der Waals surface area contributed by atoms with Gasteiger partial charge in [-0.05, 0) is 38.8 Å². The van der Waals surface area contributed by atoms with Gasteiger partial charge in [0.1, 0.15) is 5.78 Å². The summed E-state index contributed by atoms with van der Waals surface area (Å²) in [5.74, 6) is 0.514. The van der Waals surface area contributed by atoms with Crippen LogP contribution in [0, 0.1) is 0 Å². The van der Waals surface area contributed by atoms with Gasteiger partial charge in [0.25, 0.3) is 0 Å². The zero-order chi connectivity index (χ0) is 12.5. The van der Waals surface area contributed by atoms with E-state index in [-0.39, 0.29) is 0 Å². The number of piperidine rings is 2. The standard InChI is InChI=1S/C15H26N2O/c1-2-16-8-4-7-14(16)11-17-12-5-3-6-13(17)10-15(18)9-12/h12-14H,2-11H2,1H3. The molecule has 3 saturated heterocycles. The number of rotatable bonds is 3. The minimum absolute atomic E-state index is 0.514. The molecule has 0 aromatic heterocycles. The highest BCUT2D eigenvalue weighted by Crippen LogP contribution is 2.33. The molecule has 3 heteroatoms. The van der Waals surface area contributed by atoms with E-state index in [1.165, 1.54) is 51.7 Å². The highest BCUT2D eigenvalue weighted by molar-refractivity contribution is 5.80. The Labute approximate surface area is 111 Å². The number of likely N-dealkylation sites (tertiary alicyclic amines) is 1. The minimum atomic E-state index is 0.514. The summed E-state index contributed by atoms with van der Waals surface area (Å²) in [6, 6.07) is 1.90. The predicted molar refractivity (Wildman–Crippen MR) is 72.6 cm³/mol. The number of hydrogen-bond donors (Lipinski definition) is 0. The van der Waals surface area contributed by atoms with Crippen LogP contribution in [0.15, 0.2) is 0 Å². The van der Waals surface area contributed by atoms with Crippen LogP contribution in [0.3, 0.4) is 0 Å². The molecular weight excluding hydrogens is 224 g/mol. The summed E-state index contributed by atoms with van der Waals surface area (Å²) < 4.78 is 0. The second-order valence-electron chi connectivity index (χ2n) is 6.31. The lowest BCUT2D eigenvalue weighted by atomic mass is 9.83. The summed E-state index contributed by atoms with van der Waals surface area (Å²) in [5.41, 5.74) is 0. The molecule has 0 spiro atoms.